The summed E-state index contributed by atoms with van der Waals surface area (Å²) >= 11 is 4.39. The number of nitrogens with one attached hydrogen (secondary N) is 1. The zero-order valence-corrected chi connectivity index (χ0v) is 12.3. The van der Waals surface area contributed by atoms with Crippen molar-refractivity contribution in [1.82, 2.24) is 4.98 Å². The number of hydrogen-bond donors (Lipinski definition) is 1. The molecule has 0 unspecified atom stereocenters. The zero-order chi connectivity index (χ0) is 14.0. The Bertz CT molecular complexity index is 581. The maximum atomic E-state index is 12.7. The van der Waals surface area contributed by atoms with Gasteiger partial charge in [-0.1, -0.05) is 15.9 Å². The van der Waals surface area contributed by atoms with E-state index in [9.17, 15) is 13.2 Å². The van der Waals surface area contributed by atoms with E-state index in [0.29, 0.717) is 12.2 Å². The van der Waals surface area contributed by atoms with Crippen LogP contribution in [0.5, 0.6) is 0 Å². The Morgan fingerprint density at radius 2 is 2.11 bits per heavy atom. The molecule has 0 fully saturated rings. The van der Waals surface area contributed by atoms with Gasteiger partial charge >= 0.3 is 6.18 Å². The third-order valence-corrected chi connectivity index (χ3v) is 4.20. The first kappa shape index (κ1) is 14.3. The average Bonchev–Trinajstić information content (AvgIpc) is 2.72. The third-order valence-electron chi connectivity index (χ3n) is 2.57. The molecule has 2 nitrogen and oxygen atoms in total. The monoisotopic (exact) mass is 350 g/mol. The van der Waals surface area contributed by atoms with Crippen LogP contribution in [0.15, 0.2) is 28.2 Å². The SMILES string of the molecule is Cc1ncsc1CNc1ccc(Br)c(C(F)(F)F)c1. The number of alkyl halides is 3. The lowest BCUT2D eigenvalue weighted by Crippen LogP contribution is -2.07. The molecule has 0 spiro atoms. The summed E-state index contributed by atoms with van der Waals surface area (Å²) in [6, 6.07) is 4.10. The van der Waals surface area contributed by atoms with Gasteiger partial charge in [-0.2, -0.15) is 13.2 Å². The van der Waals surface area contributed by atoms with Crippen molar-refractivity contribution in [2.45, 2.75) is 19.6 Å². The van der Waals surface area contributed by atoms with Crippen LogP contribution in [0.25, 0.3) is 0 Å². The molecule has 0 saturated heterocycles. The molecule has 0 amide bonds. The van der Waals surface area contributed by atoms with E-state index >= 15 is 0 Å². The van der Waals surface area contributed by atoms with Gasteiger partial charge in [-0.3, -0.25) is 0 Å². The van der Waals surface area contributed by atoms with E-state index in [1.54, 1.807) is 11.6 Å². The summed E-state index contributed by atoms with van der Waals surface area (Å²) in [6.07, 6.45) is -4.36. The van der Waals surface area contributed by atoms with Crippen LogP contribution in [0.3, 0.4) is 0 Å². The van der Waals surface area contributed by atoms with E-state index in [2.05, 4.69) is 26.2 Å². The molecule has 0 bridgehead atoms. The van der Waals surface area contributed by atoms with Crippen molar-refractivity contribution >= 4 is 33.0 Å². The fourth-order valence-corrected chi connectivity index (χ4v) is 2.72. The van der Waals surface area contributed by atoms with Gasteiger partial charge in [0.1, 0.15) is 0 Å². The maximum absolute atomic E-state index is 12.7. The highest BCUT2D eigenvalue weighted by atomic mass is 79.9. The minimum absolute atomic E-state index is 0.0412. The first-order valence-electron chi connectivity index (χ1n) is 5.37. The number of aromatic nitrogens is 1. The molecule has 102 valence electrons. The standard InChI is InChI=1S/C12H10BrF3N2S/c1-7-11(19-6-18-7)5-17-8-2-3-10(13)9(4-8)12(14,15)16/h2-4,6,17H,5H2,1H3. The van der Waals surface area contributed by atoms with Crippen LogP contribution < -0.4 is 5.32 Å². The topological polar surface area (TPSA) is 24.9 Å². The van der Waals surface area contributed by atoms with Crippen molar-refractivity contribution in [3.05, 3.63) is 44.3 Å². The van der Waals surface area contributed by atoms with E-state index in [1.165, 1.54) is 17.4 Å². The third kappa shape index (κ3) is 3.48. The molecule has 0 aliphatic rings. The first-order chi connectivity index (χ1) is 8.88. The summed E-state index contributed by atoms with van der Waals surface area (Å²) < 4.78 is 38.3. The second-order valence-electron chi connectivity index (χ2n) is 3.91. The molecule has 0 aliphatic heterocycles. The van der Waals surface area contributed by atoms with Gasteiger partial charge in [0.05, 0.1) is 23.3 Å². The van der Waals surface area contributed by atoms with E-state index < -0.39 is 11.7 Å². The van der Waals surface area contributed by atoms with E-state index in [1.807, 2.05) is 6.92 Å². The van der Waals surface area contributed by atoms with Crippen molar-refractivity contribution in [1.29, 1.82) is 0 Å². The number of nitrogens with zero attached hydrogens (tertiary/aromatic N) is 1. The van der Waals surface area contributed by atoms with Gasteiger partial charge in [0.15, 0.2) is 0 Å². The number of aryl methyl sites for hydroxylation is 1. The molecule has 2 rings (SSSR count). The summed E-state index contributed by atoms with van der Waals surface area (Å²) in [4.78, 5) is 5.10. The van der Waals surface area contributed by atoms with Gasteiger partial charge < -0.3 is 5.32 Å². The molecule has 1 heterocycles. The van der Waals surface area contributed by atoms with Crippen molar-refractivity contribution < 1.29 is 13.2 Å². The first-order valence-corrected chi connectivity index (χ1v) is 7.05. The predicted molar refractivity (Wildman–Crippen MR) is 73.3 cm³/mol. The van der Waals surface area contributed by atoms with E-state index in [4.69, 9.17) is 0 Å². The van der Waals surface area contributed by atoms with Gasteiger partial charge in [0.2, 0.25) is 0 Å². The number of thiazole rings is 1. The Balaban J connectivity index is 2.16. The molecule has 0 aliphatic carbocycles. The van der Waals surface area contributed by atoms with Gasteiger partial charge in [-0.05, 0) is 25.1 Å². The molecular formula is C12H10BrF3N2S. The summed E-state index contributed by atoms with van der Waals surface area (Å²) in [5.74, 6) is 0. The predicted octanol–water partition coefficient (Wildman–Crippen LogP) is 4.84. The fourth-order valence-electron chi connectivity index (χ4n) is 1.53. The fraction of sp³-hybridized carbons (Fsp3) is 0.250. The highest BCUT2D eigenvalue weighted by Crippen LogP contribution is 2.36. The molecule has 2 aromatic rings. The van der Waals surface area contributed by atoms with E-state index in [-0.39, 0.29) is 4.47 Å². The molecule has 1 N–H and O–H groups in total. The second kappa shape index (κ2) is 5.50. The second-order valence-corrected chi connectivity index (χ2v) is 5.70. The number of hydrogen-bond acceptors (Lipinski definition) is 3. The van der Waals surface area contributed by atoms with Gasteiger partial charge in [-0.25, -0.2) is 4.98 Å². The molecule has 1 aromatic heterocycles. The van der Waals surface area contributed by atoms with Gasteiger partial charge in [-0.15, -0.1) is 11.3 Å². The van der Waals surface area contributed by atoms with Crippen molar-refractivity contribution in [3.8, 4) is 0 Å². The van der Waals surface area contributed by atoms with Gasteiger partial charge in [0, 0.05) is 15.0 Å². The highest BCUT2D eigenvalue weighted by Gasteiger charge is 2.33. The lowest BCUT2D eigenvalue weighted by atomic mass is 10.2. The minimum atomic E-state index is -4.36. The lowest BCUT2D eigenvalue weighted by Gasteiger charge is -2.12. The quantitative estimate of drug-likeness (QED) is 0.856. The van der Waals surface area contributed by atoms with Gasteiger partial charge in [0.25, 0.3) is 0 Å². The largest absolute Gasteiger partial charge is 0.417 e. The van der Waals surface area contributed by atoms with E-state index in [0.717, 1.165) is 16.6 Å². The summed E-state index contributed by atoms with van der Waals surface area (Å²) in [5, 5.41) is 2.98. The van der Waals surface area contributed by atoms with Crippen molar-refractivity contribution in [3.63, 3.8) is 0 Å². The average molecular weight is 351 g/mol. The van der Waals surface area contributed by atoms with Crippen LogP contribution in [-0.4, -0.2) is 4.98 Å². The number of halogens is 4. The Kier molecular flexibility index (Phi) is 4.15. The summed E-state index contributed by atoms with van der Waals surface area (Å²) in [7, 11) is 0. The Morgan fingerprint density at radius 3 is 2.68 bits per heavy atom. The van der Waals surface area contributed by atoms with Crippen LogP contribution >= 0.6 is 27.3 Å². The smallest absolute Gasteiger partial charge is 0.380 e. The Morgan fingerprint density at radius 1 is 1.37 bits per heavy atom. The zero-order valence-electron chi connectivity index (χ0n) is 9.88. The Labute approximate surface area is 120 Å². The molecular weight excluding hydrogens is 341 g/mol. The molecule has 0 saturated carbocycles. The van der Waals surface area contributed by atoms with Crippen molar-refractivity contribution in [2.75, 3.05) is 5.32 Å². The number of anilines is 1. The molecule has 19 heavy (non-hydrogen) atoms. The number of benzene rings is 1. The van der Waals surface area contributed by atoms with Crippen LogP contribution in [0.2, 0.25) is 0 Å². The molecule has 0 radical (unpaired) electrons. The normalized spacial score (nSPS) is 11.6. The van der Waals surface area contributed by atoms with Crippen LogP contribution in [0.1, 0.15) is 16.1 Å². The summed E-state index contributed by atoms with van der Waals surface area (Å²) in [6.45, 7) is 2.34. The maximum Gasteiger partial charge on any atom is 0.417 e. The minimum Gasteiger partial charge on any atom is -0.380 e. The van der Waals surface area contributed by atoms with Crippen LogP contribution in [0.4, 0.5) is 18.9 Å². The van der Waals surface area contributed by atoms with Crippen molar-refractivity contribution in [2.24, 2.45) is 0 Å². The molecule has 1 aromatic carbocycles. The number of rotatable bonds is 3. The highest BCUT2D eigenvalue weighted by molar-refractivity contribution is 9.10. The molecule has 0 atom stereocenters. The summed E-state index contributed by atoms with van der Waals surface area (Å²) in [5.41, 5.74) is 2.36. The van der Waals surface area contributed by atoms with Crippen LogP contribution in [0, 0.1) is 6.92 Å². The molecule has 7 heteroatoms. The van der Waals surface area contributed by atoms with Crippen LogP contribution in [-0.2, 0) is 12.7 Å². The lowest BCUT2D eigenvalue weighted by molar-refractivity contribution is -0.138. The Hall–Kier alpha value is -1.08.